The first kappa shape index (κ1) is 12.3. The van der Waals surface area contributed by atoms with Crippen molar-refractivity contribution >= 4 is 21.8 Å². The van der Waals surface area contributed by atoms with Crippen LogP contribution in [0.25, 0.3) is 21.8 Å². The van der Waals surface area contributed by atoms with Gasteiger partial charge in [-0.1, -0.05) is 50.2 Å². The highest BCUT2D eigenvalue weighted by atomic mass is 15.0. The molecule has 1 nitrogen and oxygen atoms in total. The number of benzene rings is 2. The molecule has 19 heavy (non-hydrogen) atoms. The number of hydrogen-bond acceptors (Lipinski definition) is 0. The third-order valence-corrected chi connectivity index (χ3v) is 3.84. The zero-order valence-corrected chi connectivity index (χ0v) is 11.8. The number of fused-ring (bicyclic) bond motifs is 3. The third kappa shape index (κ3) is 2.25. The van der Waals surface area contributed by atoms with Crippen molar-refractivity contribution in [2.24, 2.45) is 5.92 Å². The average Bonchev–Trinajstić information content (AvgIpc) is 2.74. The maximum absolute atomic E-state index is 2.48. The lowest BCUT2D eigenvalue weighted by Gasteiger charge is -2.08. The van der Waals surface area contributed by atoms with Crippen molar-refractivity contribution in [2.75, 3.05) is 0 Å². The Hall–Kier alpha value is -1.76. The van der Waals surface area contributed by atoms with Crippen LogP contribution in [0.1, 0.15) is 26.7 Å². The second-order valence-corrected chi connectivity index (χ2v) is 5.72. The number of hydrogen-bond donors (Lipinski definition) is 0. The second kappa shape index (κ2) is 5.08. The van der Waals surface area contributed by atoms with Crippen molar-refractivity contribution in [1.29, 1.82) is 0 Å². The molecule has 1 aromatic heterocycles. The quantitative estimate of drug-likeness (QED) is 0.598. The third-order valence-electron chi connectivity index (χ3n) is 3.84. The van der Waals surface area contributed by atoms with E-state index in [1.54, 1.807) is 0 Å². The molecule has 1 heterocycles. The van der Waals surface area contributed by atoms with Crippen molar-refractivity contribution in [1.82, 2.24) is 4.57 Å². The fourth-order valence-corrected chi connectivity index (χ4v) is 2.90. The van der Waals surface area contributed by atoms with Crippen LogP contribution >= 0.6 is 0 Å². The Kier molecular flexibility index (Phi) is 3.29. The van der Waals surface area contributed by atoms with E-state index in [0.29, 0.717) is 0 Å². The Balaban J connectivity index is 2.09. The maximum Gasteiger partial charge on any atom is 0.0491 e. The van der Waals surface area contributed by atoms with E-state index in [2.05, 4.69) is 66.9 Å². The van der Waals surface area contributed by atoms with Crippen LogP contribution in [0.15, 0.2) is 48.5 Å². The summed E-state index contributed by atoms with van der Waals surface area (Å²) in [5.41, 5.74) is 2.74. The van der Waals surface area contributed by atoms with E-state index in [4.69, 9.17) is 0 Å². The van der Waals surface area contributed by atoms with Gasteiger partial charge in [0.25, 0.3) is 0 Å². The predicted molar refractivity (Wildman–Crippen MR) is 83.5 cm³/mol. The highest BCUT2D eigenvalue weighted by molar-refractivity contribution is 6.07. The number of rotatable bonds is 4. The van der Waals surface area contributed by atoms with Gasteiger partial charge in [0.15, 0.2) is 0 Å². The van der Waals surface area contributed by atoms with E-state index in [9.17, 15) is 0 Å². The van der Waals surface area contributed by atoms with Gasteiger partial charge in [-0.2, -0.15) is 0 Å². The molecule has 0 fully saturated rings. The van der Waals surface area contributed by atoms with Crippen LogP contribution in [-0.2, 0) is 6.54 Å². The Morgan fingerprint density at radius 3 is 1.89 bits per heavy atom. The zero-order valence-electron chi connectivity index (χ0n) is 11.8. The Morgan fingerprint density at radius 1 is 0.842 bits per heavy atom. The van der Waals surface area contributed by atoms with Crippen LogP contribution in [0.5, 0.6) is 0 Å². The summed E-state index contributed by atoms with van der Waals surface area (Å²) in [6.45, 7) is 5.71. The molecule has 0 saturated heterocycles. The molecule has 0 bridgehead atoms. The minimum atomic E-state index is 0.785. The fraction of sp³-hybridized carbons (Fsp3) is 0.333. The van der Waals surface area contributed by atoms with Crippen molar-refractivity contribution in [3.05, 3.63) is 48.5 Å². The summed E-state index contributed by atoms with van der Waals surface area (Å²) in [7, 11) is 0. The van der Waals surface area contributed by atoms with Crippen LogP contribution in [0.2, 0.25) is 0 Å². The lowest BCUT2D eigenvalue weighted by Crippen LogP contribution is -1.99. The molecule has 0 aliphatic heterocycles. The summed E-state index contributed by atoms with van der Waals surface area (Å²) >= 11 is 0. The molecule has 0 aliphatic rings. The smallest absolute Gasteiger partial charge is 0.0491 e. The monoisotopic (exact) mass is 251 g/mol. The predicted octanol–water partition coefficient (Wildman–Crippen LogP) is 5.23. The molecule has 0 spiro atoms. The van der Waals surface area contributed by atoms with E-state index in [-0.39, 0.29) is 0 Å². The molecule has 2 aromatic carbocycles. The summed E-state index contributed by atoms with van der Waals surface area (Å²) in [5.74, 6) is 0.785. The Bertz CT molecular complexity index is 638. The van der Waals surface area contributed by atoms with Gasteiger partial charge in [0.1, 0.15) is 0 Å². The van der Waals surface area contributed by atoms with Crippen LogP contribution in [0, 0.1) is 5.92 Å². The molecule has 98 valence electrons. The molecule has 1 heteroatoms. The number of nitrogens with zero attached hydrogens (tertiary/aromatic N) is 1. The zero-order chi connectivity index (χ0) is 13.2. The lowest BCUT2D eigenvalue weighted by atomic mass is 10.1. The lowest BCUT2D eigenvalue weighted by molar-refractivity contribution is 0.522. The fourth-order valence-electron chi connectivity index (χ4n) is 2.90. The van der Waals surface area contributed by atoms with Gasteiger partial charge in [-0.15, -0.1) is 0 Å². The summed E-state index contributed by atoms with van der Waals surface area (Å²) in [6, 6.07) is 17.5. The molecule has 3 aromatic rings. The molecule has 0 N–H and O–H groups in total. The molecule has 0 unspecified atom stereocenters. The maximum atomic E-state index is 2.48. The standard InChI is InChI=1S/C18H21N/c1-14(2)8-7-13-19-17-11-5-3-9-15(17)16-10-4-6-12-18(16)19/h3-6,9-12,14H,7-8,13H2,1-2H3. The summed E-state index contributed by atoms with van der Waals surface area (Å²) < 4.78 is 2.48. The highest BCUT2D eigenvalue weighted by Gasteiger charge is 2.08. The molecule has 0 radical (unpaired) electrons. The van der Waals surface area contributed by atoms with Crippen molar-refractivity contribution < 1.29 is 0 Å². The summed E-state index contributed by atoms with van der Waals surface area (Å²) in [5, 5.41) is 2.75. The SMILES string of the molecule is CC(C)CCCn1c2ccccc2c2ccccc21. The molecule has 0 aliphatic carbocycles. The molecular weight excluding hydrogens is 230 g/mol. The van der Waals surface area contributed by atoms with Crippen LogP contribution < -0.4 is 0 Å². The number of para-hydroxylation sites is 2. The van der Waals surface area contributed by atoms with Gasteiger partial charge in [0.2, 0.25) is 0 Å². The first-order valence-electron chi connectivity index (χ1n) is 7.23. The van der Waals surface area contributed by atoms with Crippen LogP contribution in [0.3, 0.4) is 0 Å². The number of aromatic nitrogens is 1. The van der Waals surface area contributed by atoms with E-state index >= 15 is 0 Å². The van der Waals surface area contributed by atoms with Gasteiger partial charge in [0, 0.05) is 28.4 Å². The van der Waals surface area contributed by atoms with E-state index in [1.807, 2.05) is 0 Å². The van der Waals surface area contributed by atoms with E-state index < -0.39 is 0 Å². The molecular formula is C18H21N. The first-order chi connectivity index (χ1) is 9.27. The van der Waals surface area contributed by atoms with Crippen molar-refractivity contribution in [2.45, 2.75) is 33.2 Å². The molecule has 0 saturated carbocycles. The topological polar surface area (TPSA) is 4.93 Å². The Morgan fingerprint density at radius 2 is 1.37 bits per heavy atom. The van der Waals surface area contributed by atoms with E-state index in [1.165, 1.54) is 34.6 Å². The second-order valence-electron chi connectivity index (χ2n) is 5.72. The van der Waals surface area contributed by atoms with Gasteiger partial charge in [-0.05, 0) is 30.9 Å². The van der Waals surface area contributed by atoms with Crippen LogP contribution in [-0.4, -0.2) is 4.57 Å². The molecule has 0 atom stereocenters. The summed E-state index contributed by atoms with van der Waals surface area (Å²) in [6.07, 6.45) is 2.54. The van der Waals surface area contributed by atoms with Gasteiger partial charge in [-0.3, -0.25) is 0 Å². The number of aryl methyl sites for hydroxylation is 1. The van der Waals surface area contributed by atoms with Gasteiger partial charge in [0.05, 0.1) is 0 Å². The summed E-state index contributed by atoms with van der Waals surface area (Å²) in [4.78, 5) is 0. The largest absolute Gasteiger partial charge is 0.340 e. The van der Waals surface area contributed by atoms with Crippen molar-refractivity contribution in [3.8, 4) is 0 Å². The van der Waals surface area contributed by atoms with Gasteiger partial charge < -0.3 is 4.57 Å². The van der Waals surface area contributed by atoms with Crippen molar-refractivity contribution in [3.63, 3.8) is 0 Å². The first-order valence-corrected chi connectivity index (χ1v) is 7.23. The van der Waals surface area contributed by atoms with E-state index in [0.717, 1.165) is 12.5 Å². The minimum absolute atomic E-state index is 0.785. The minimum Gasteiger partial charge on any atom is -0.340 e. The average molecular weight is 251 g/mol. The van der Waals surface area contributed by atoms with Gasteiger partial charge >= 0.3 is 0 Å². The molecule has 3 rings (SSSR count). The highest BCUT2D eigenvalue weighted by Crippen LogP contribution is 2.29. The Labute approximate surface area is 114 Å². The molecule has 0 amide bonds. The van der Waals surface area contributed by atoms with Crippen LogP contribution in [0.4, 0.5) is 0 Å². The van der Waals surface area contributed by atoms with Gasteiger partial charge in [-0.25, -0.2) is 0 Å². The normalized spacial score (nSPS) is 11.7.